The summed E-state index contributed by atoms with van der Waals surface area (Å²) in [5.74, 6) is 0.365. The molecule has 2 aromatic carbocycles. The molecule has 144 valence electrons. The van der Waals surface area contributed by atoms with Crippen molar-refractivity contribution >= 4 is 11.6 Å². The Labute approximate surface area is 164 Å². The SMILES string of the molecule is COc1ccc(C)cc1-c1ccnc(C(=O)Nc2c(C)cc(CO)cc2C)n1. The van der Waals surface area contributed by atoms with Crippen molar-refractivity contribution in [3.05, 3.63) is 70.7 Å². The normalized spacial score (nSPS) is 10.6. The Morgan fingerprint density at radius 3 is 2.46 bits per heavy atom. The van der Waals surface area contributed by atoms with Gasteiger partial charge in [0, 0.05) is 17.4 Å². The summed E-state index contributed by atoms with van der Waals surface area (Å²) >= 11 is 0. The van der Waals surface area contributed by atoms with Crippen molar-refractivity contribution in [1.29, 1.82) is 0 Å². The molecule has 0 spiro atoms. The lowest BCUT2D eigenvalue weighted by atomic mass is 10.0. The summed E-state index contributed by atoms with van der Waals surface area (Å²) in [4.78, 5) is 21.3. The van der Waals surface area contributed by atoms with Crippen LogP contribution in [0, 0.1) is 20.8 Å². The number of anilines is 1. The van der Waals surface area contributed by atoms with Gasteiger partial charge in [0.15, 0.2) is 0 Å². The molecule has 1 heterocycles. The number of amides is 1. The van der Waals surface area contributed by atoms with Gasteiger partial charge < -0.3 is 15.2 Å². The molecule has 0 radical (unpaired) electrons. The maximum atomic E-state index is 12.8. The standard InChI is InChI=1S/C22H23N3O3/c1-13-5-6-19(28-4)17(9-13)18-7-8-23-21(24-18)22(27)25-20-14(2)10-16(12-26)11-15(20)3/h5-11,26H,12H2,1-4H3,(H,25,27). The molecule has 2 N–H and O–H groups in total. The van der Waals surface area contributed by atoms with E-state index in [4.69, 9.17) is 4.74 Å². The van der Waals surface area contributed by atoms with E-state index in [1.54, 1.807) is 19.4 Å². The monoisotopic (exact) mass is 377 g/mol. The summed E-state index contributed by atoms with van der Waals surface area (Å²) in [6.45, 7) is 5.71. The average Bonchev–Trinajstić information content (AvgIpc) is 2.70. The van der Waals surface area contributed by atoms with Crippen molar-refractivity contribution < 1.29 is 14.6 Å². The molecule has 3 aromatic rings. The van der Waals surface area contributed by atoms with Gasteiger partial charge in [-0.2, -0.15) is 0 Å². The molecule has 0 aliphatic carbocycles. The quantitative estimate of drug-likeness (QED) is 0.706. The van der Waals surface area contributed by atoms with E-state index in [0.717, 1.165) is 27.8 Å². The molecule has 0 saturated carbocycles. The first kappa shape index (κ1) is 19.5. The minimum atomic E-state index is -0.392. The molecular weight excluding hydrogens is 354 g/mol. The predicted octanol–water partition coefficient (Wildman–Crippen LogP) is 3.82. The van der Waals surface area contributed by atoms with Crippen LogP contribution in [0.5, 0.6) is 5.75 Å². The molecule has 0 aliphatic rings. The second kappa shape index (κ2) is 8.19. The Morgan fingerprint density at radius 1 is 1.11 bits per heavy atom. The maximum Gasteiger partial charge on any atom is 0.293 e. The zero-order valence-corrected chi connectivity index (χ0v) is 16.4. The van der Waals surface area contributed by atoms with Crippen LogP contribution in [0.25, 0.3) is 11.3 Å². The highest BCUT2D eigenvalue weighted by atomic mass is 16.5. The Hall–Kier alpha value is -3.25. The Morgan fingerprint density at radius 2 is 1.82 bits per heavy atom. The van der Waals surface area contributed by atoms with Gasteiger partial charge in [0.05, 0.1) is 19.4 Å². The van der Waals surface area contributed by atoms with Crippen molar-refractivity contribution in [3.63, 3.8) is 0 Å². The first-order valence-electron chi connectivity index (χ1n) is 8.93. The number of carbonyl (C=O) groups is 1. The lowest BCUT2D eigenvalue weighted by Crippen LogP contribution is -2.17. The van der Waals surface area contributed by atoms with Crippen LogP contribution in [0.4, 0.5) is 5.69 Å². The number of aromatic nitrogens is 2. The van der Waals surface area contributed by atoms with Gasteiger partial charge in [-0.05, 0) is 55.7 Å². The Kier molecular flexibility index (Phi) is 5.70. The smallest absolute Gasteiger partial charge is 0.293 e. The highest BCUT2D eigenvalue weighted by Crippen LogP contribution is 2.29. The molecule has 6 heteroatoms. The topological polar surface area (TPSA) is 84.3 Å². The zero-order chi connectivity index (χ0) is 20.3. The van der Waals surface area contributed by atoms with Gasteiger partial charge in [0.2, 0.25) is 5.82 Å². The second-order valence-electron chi connectivity index (χ2n) is 6.69. The van der Waals surface area contributed by atoms with Crippen molar-refractivity contribution in [2.45, 2.75) is 27.4 Å². The van der Waals surface area contributed by atoms with Gasteiger partial charge in [-0.25, -0.2) is 9.97 Å². The molecule has 6 nitrogen and oxygen atoms in total. The van der Waals surface area contributed by atoms with Gasteiger partial charge in [-0.3, -0.25) is 4.79 Å². The lowest BCUT2D eigenvalue weighted by Gasteiger charge is -2.13. The number of carbonyl (C=O) groups excluding carboxylic acids is 1. The summed E-state index contributed by atoms with van der Waals surface area (Å²) in [5, 5.41) is 12.2. The van der Waals surface area contributed by atoms with Gasteiger partial charge in [-0.1, -0.05) is 23.8 Å². The van der Waals surface area contributed by atoms with E-state index < -0.39 is 5.91 Å². The van der Waals surface area contributed by atoms with Crippen LogP contribution in [0.1, 0.15) is 32.9 Å². The summed E-state index contributed by atoms with van der Waals surface area (Å²) in [5.41, 5.74) is 5.73. The summed E-state index contributed by atoms with van der Waals surface area (Å²) in [7, 11) is 1.60. The minimum absolute atomic E-state index is 0.0423. The molecule has 28 heavy (non-hydrogen) atoms. The molecule has 1 aromatic heterocycles. The first-order valence-corrected chi connectivity index (χ1v) is 8.93. The average molecular weight is 377 g/mol. The minimum Gasteiger partial charge on any atom is -0.496 e. The summed E-state index contributed by atoms with van der Waals surface area (Å²) in [6.07, 6.45) is 1.56. The number of rotatable bonds is 5. The second-order valence-corrected chi connectivity index (χ2v) is 6.69. The van der Waals surface area contributed by atoms with Gasteiger partial charge >= 0.3 is 0 Å². The van der Waals surface area contributed by atoms with Crippen LogP contribution in [-0.4, -0.2) is 28.1 Å². The number of benzene rings is 2. The third-order valence-electron chi connectivity index (χ3n) is 4.50. The Balaban J connectivity index is 1.93. The largest absolute Gasteiger partial charge is 0.496 e. The number of nitrogens with one attached hydrogen (secondary N) is 1. The Bertz CT molecular complexity index is 1010. The zero-order valence-electron chi connectivity index (χ0n) is 16.4. The van der Waals surface area contributed by atoms with Crippen LogP contribution < -0.4 is 10.1 Å². The first-order chi connectivity index (χ1) is 13.4. The fraction of sp³-hybridized carbons (Fsp3) is 0.227. The number of aryl methyl sites for hydroxylation is 3. The van der Waals surface area contributed by atoms with Crippen molar-refractivity contribution in [1.82, 2.24) is 9.97 Å². The molecule has 3 rings (SSSR count). The number of hydrogen-bond donors (Lipinski definition) is 2. The van der Waals surface area contributed by atoms with Gasteiger partial charge in [0.1, 0.15) is 5.75 Å². The van der Waals surface area contributed by atoms with Crippen LogP contribution >= 0.6 is 0 Å². The lowest BCUT2D eigenvalue weighted by molar-refractivity contribution is 0.101. The van der Waals surface area contributed by atoms with Crippen molar-refractivity contribution in [2.24, 2.45) is 0 Å². The van der Waals surface area contributed by atoms with Gasteiger partial charge in [-0.15, -0.1) is 0 Å². The van der Waals surface area contributed by atoms with Gasteiger partial charge in [0.25, 0.3) is 5.91 Å². The molecule has 0 atom stereocenters. The molecule has 0 fully saturated rings. The number of methoxy groups -OCH3 is 1. The van der Waals surface area contributed by atoms with E-state index in [-0.39, 0.29) is 12.4 Å². The van der Waals surface area contributed by atoms with Crippen molar-refractivity contribution in [2.75, 3.05) is 12.4 Å². The maximum absolute atomic E-state index is 12.8. The third-order valence-corrected chi connectivity index (χ3v) is 4.50. The van der Waals surface area contributed by atoms with E-state index in [0.29, 0.717) is 17.1 Å². The van der Waals surface area contributed by atoms with E-state index in [9.17, 15) is 9.90 Å². The predicted molar refractivity (Wildman–Crippen MR) is 109 cm³/mol. The summed E-state index contributed by atoms with van der Waals surface area (Å²) in [6, 6.07) is 11.2. The third kappa shape index (κ3) is 4.02. The van der Waals surface area contributed by atoms with Crippen molar-refractivity contribution in [3.8, 4) is 17.0 Å². The number of ether oxygens (including phenoxy) is 1. The van der Waals surface area contributed by atoms with Crippen LogP contribution in [0.3, 0.4) is 0 Å². The van der Waals surface area contributed by atoms with Crippen LogP contribution in [0.2, 0.25) is 0 Å². The highest BCUT2D eigenvalue weighted by Gasteiger charge is 2.16. The van der Waals surface area contributed by atoms with E-state index in [1.807, 2.05) is 51.1 Å². The van der Waals surface area contributed by atoms with E-state index in [1.165, 1.54) is 0 Å². The molecule has 1 amide bonds. The fourth-order valence-electron chi connectivity index (χ4n) is 3.15. The molecule has 0 bridgehead atoms. The fourth-order valence-corrected chi connectivity index (χ4v) is 3.15. The number of hydrogen-bond acceptors (Lipinski definition) is 5. The number of aliphatic hydroxyl groups is 1. The van der Waals surface area contributed by atoms with E-state index >= 15 is 0 Å². The number of aliphatic hydroxyl groups excluding tert-OH is 1. The van der Waals surface area contributed by atoms with Crippen LogP contribution in [0.15, 0.2) is 42.6 Å². The number of nitrogens with zero attached hydrogens (tertiary/aromatic N) is 2. The van der Waals surface area contributed by atoms with E-state index in [2.05, 4.69) is 15.3 Å². The molecule has 0 unspecified atom stereocenters. The molecule has 0 saturated heterocycles. The summed E-state index contributed by atoms with van der Waals surface area (Å²) < 4.78 is 5.42. The molecule has 0 aliphatic heterocycles. The van der Waals surface area contributed by atoms with Crippen LogP contribution in [-0.2, 0) is 6.61 Å². The molecular formula is C22H23N3O3. The highest BCUT2D eigenvalue weighted by molar-refractivity contribution is 6.02.